The molecule has 0 atom stereocenters. The van der Waals surface area contributed by atoms with Crippen LogP contribution in [0.5, 0.6) is 0 Å². The first-order chi connectivity index (χ1) is 12.0. The molecule has 6 nitrogen and oxygen atoms in total. The van der Waals surface area contributed by atoms with Gasteiger partial charge in [0, 0.05) is 57.0 Å². The van der Waals surface area contributed by atoms with Crippen molar-refractivity contribution in [1.29, 1.82) is 0 Å². The number of hydrogen-bond donors (Lipinski definition) is 1. The zero-order valence-electron chi connectivity index (χ0n) is 14.1. The quantitative estimate of drug-likeness (QED) is 0.860. The molecule has 3 rings (SSSR count). The minimum atomic E-state index is -0.257. The Labute approximate surface area is 156 Å². The molecule has 0 saturated carbocycles. The van der Waals surface area contributed by atoms with E-state index < -0.39 is 0 Å². The van der Waals surface area contributed by atoms with E-state index in [1.807, 2.05) is 24.3 Å². The molecule has 1 saturated heterocycles. The summed E-state index contributed by atoms with van der Waals surface area (Å²) >= 11 is 12.2. The van der Waals surface area contributed by atoms with Gasteiger partial charge in [-0.25, -0.2) is 4.68 Å². The van der Waals surface area contributed by atoms with E-state index in [4.69, 9.17) is 23.2 Å². The summed E-state index contributed by atoms with van der Waals surface area (Å²) in [5, 5.41) is 8.43. The maximum atomic E-state index is 11.9. The van der Waals surface area contributed by atoms with Crippen molar-refractivity contribution in [3.05, 3.63) is 50.9 Å². The molecule has 1 aromatic carbocycles. The Morgan fingerprint density at radius 3 is 2.68 bits per heavy atom. The van der Waals surface area contributed by atoms with E-state index in [0.29, 0.717) is 0 Å². The first-order valence-electron chi connectivity index (χ1n) is 8.23. The molecule has 2 heterocycles. The third-order valence-electron chi connectivity index (χ3n) is 4.35. The Balaban J connectivity index is 1.49. The molecule has 1 N–H and O–H groups in total. The molecule has 0 bridgehead atoms. The summed E-state index contributed by atoms with van der Waals surface area (Å²) in [5.74, 6) is 0. The number of aryl methyl sites for hydroxylation is 1. The van der Waals surface area contributed by atoms with Crippen LogP contribution in [0.25, 0.3) is 0 Å². The molecule has 0 unspecified atom stereocenters. The van der Waals surface area contributed by atoms with Gasteiger partial charge in [0.1, 0.15) is 5.02 Å². The fourth-order valence-corrected chi connectivity index (χ4v) is 3.37. The smallest absolute Gasteiger partial charge is 0.287 e. The first kappa shape index (κ1) is 18.0. The van der Waals surface area contributed by atoms with Gasteiger partial charge in [0.2, 0.25) is 0 Å². The van der Waals surface area contributed by atoms with Crippen LogP contribution in [0.1, 0.15) is 0 Å². The lowest BCUT2D eigenvalue weighted by Crippen LogP contribution is -2.48. The normalized spacial score (nSPS) is 15.4. The van der Waals surface area contributed by atoms with E-state index in [0.717, 1.165) is 55.7 Å². The van der Waals surface area contributed by atoms with Crippen LogP contribution in [-0.4, -0.2) is 53.9 Å². The Hall–Kier alpha value is -1.76. The first-order valence-corrected chi connectivity index (χ1v) is 8.99. The number of anilines is 2. The Morgan fingerprint density at radius 1 is 1.20 bits per heavy atom. The second-order valence-electron chi connectivity index (χ2n) is 6.04. The van der Waals surface area contributed by atoms with Crippen LogP contribution >= 0.6 is 23.2 Å². The van der Waals surface area contributed by atoms with Crippen LogP contribution in [0.3, 0.4) is 0 Å². The van der Waals surface area contributed by atoms with Crippen molar-refractivity contribution in [2.24, 2.45) is 7.05 Å². The molecule has 0 amide bonds. The van der Waals surface area contributed by atoms with Gasteiger partial charge in [-0.3, -0.25) is 9.69 Å². The van der Waals surface area contributed by atoms with Crippen molar-refractivity contribution in [1.82, 2.24) is 14.7 Å². The fraction of sp³-hybridized carbons (Fsp3) is 0.412. The number of aromatic nitrogens is 2. The van der Waals surface area contributed by atoms with Crippen molar-refractivity contribution in [3.63, 3.8) is 0 Å². The van der Waals surface area contributed by atoms with E-state index >= 15 is 0 Å². The molecule has 1 aliphatic heterocycles. The topological polar surface area (TPSA) is 53.4 Å². The van der Waals surface area contributed by atoms with Crippen LogP contribution in [0.4, 0.5) is 11.4 Å². The minimum absolute atomic E-state index is 0.244. The van der Waals surface area contributed by atoms with Crippen molar-refractivity contribution in [2.45, 2.75) is 0 Å². The number of benzene rings is 1. The fourth-order valence-electron chi connectivity index (χ4n) is 2.89. The van der Waals surface area contributed by atoms with E-state index in [1.54, 1.807) is 13.2 Å². The van der Waals surface area contributed by atoms with Gasteiger partial charge in [-0.1, -0.05) is 29.3 Å². The molecular formula is C17H21Cl2N5O. The molecule has 1 fully saturated rings. The maximum Gasteiger partial charge on any atom is 0.287 e. The molecule has 25 heavy (non-hydrogen) atoms. The van der Waals surface area contributed by atoms with E-state index in [1.165, 1.54) is 4.68 Å². The Kier molecular flexibility index (Phi) is 5.83. The zero-order valence-corrected chi connectivity index (χ0v) is 15.6. The lowest BCUT2D eigenvalue weighted by atomic mass is 10.2. The van der Waals surface area contributed by atoms with Crippen molar-refractivity contribution < 1.29 is 0 Å². The van der Waals surface area contributed by atoms with Gasteiger partial charge in [0.15, 0.2) is 0 Å². The third kappa shape index (κ3) is 4.45. The van der Waals surface area contributed by atoms with Gasteiger partial charge >= 0.3 is 0 Å². The molecule has 0 radical (unpaired) electrons. The lowest BCUT2D eigenvalue weighted by Gasteiger charge is -2.36. The highest BCUT2D eigenvalue weighted by atomic mass is 35.5. The molecule has 0 spiro atoms. The summed E-state index contributed by atoms with van der Waals surface area (Å²) in [6.07, 6.45) is 1.67. The summed E-state index contributed by atoms with van der Waals surface area (Å²) in [4.78, 5) is 16.4. The molecule has 134 valence electrons. The van der Waals surface area contributed by atoms with E-state index in [-0.39, 0.29) is 10.6 Å². The number of nitrogens with zero attached hydrogens (tertiary/aromatic N) is 4. The Morgan fingerprint density at radius 2 is 1.96 bits per heavy atom. The minimum Gasteiger partial charge on any atom is -0.384 e. The monoisotopic (exact) mass is 381 g/mol. The molecule has 1 aliphatic rings. The summed E-state index contributed by atoms with van der Waals surface area (Å²) in [5.41, 5.74) is 1.50. The average Bonchev–Trinajstić information content (AvgIpc) is 2.61. The second-order valence-corrected chi connectivity index (χ2v) is 6.85. The highest BCUT2D eigenvalue weighted by Crippen LogP contribution is 2.22. The van der Waals surface area contributed by atoms with Gasteiger partial charge in [-0.2, -0.15) is 5.10 Å². The SMILES string of the molecule is Cn1ncc(N2CCN(CCNc3cccc(Cl)c3)CC2)c(Cl)c1=O. The van der Waals surface area contributed by atoms with Crippen LogP contribution in [0.2, 0.25) is 10.0 Å². The highest BCUT2D eigenvalue weighted by Gasteiger charge is 2.20. The molecule has 2 aromatic rings. The van der Waals surface area contributed by atoms with Gasteiger partial charge in [-0.05, 0) is 18.2 Å². The van der Waals surface area contributed by atoms with E-state index in [2.05, 4.69) is 20.2 Å². The van der Waals surface area contributed by atoms with Crippen molar-refractivity contribution in [3.8, 4) is 0 Å². The van der Waals surface area contributed by atoms with E-state index in [9.17, 15) is 4.79 Å². The number of hydrogen-bond acceptors (Lipinski definition) is 5. The predicted molar refractivity (Wildman–Crippen MR) is 103 cm³/mol. The van der Waals surface area contributed by atoms with Gasteiger partial charge in [0.25, 0.3) is 5.56 Å². The predicted octanol–water partition coefficient (Wildman–Crippen LogP) is 2.32. The third-order valence-corrected chi connectivity index (χ3v) is 4.94. The summed E-state index contributed by atoms with van der Waals surface area (Å²) in [6, 6.07) is 7.73. The van der Waals surface area contributed by atoms with Gasteiger partial charge < -0.3 is 10.2 Å². The van der Waals surface area contributed by atoms with Crippen molar-refractivity contribution in [2.75, 3.05) is 49.5 Å². The van der Waals surface area contributed by atoms with Crippen LogP contribution in [0, 0.1) is 0 Å². The number of nitrogens with one attached hydrogen (secondary N) is 1. The zero-order chi connectivity index (χ0) is 17.8. The second kappa shape index (κ2) is 8.08. The summed E-state index contributed by atoms with van der Waals surface area (Å²) < 4.78 is 1.25. The summed E-state index contributed by atoms with van der Waals surface area (Å²) in [7, 11) is 1.60. The number of piperazine rings is 1. The largest absolute Gasteiger partial charge is 0.384 e. The molecule has 8 heteroatoms. The molecule has 0 aliphatic carbocycles. The maximum absolute atomic E-state index is 11.9. The van der Waals surface area contributed by atoms with Crippen LogP contribution in [0.15, 0.2) is 35.3 Å². The average molecular weight is 382 g/mol. The van der Waals surface area contributed by atoms with Gasteiger partial charge in [0.05, 0.1) is 11.9 Å². The van der Waals surface area contributed by atoms with Gasteiger partial charge in [-0.15, -0.1) is 0 Å². The molecular weight excluding hydrogens is 361 g/mol. The summed E-state index contributed by atoms with van der Waals surface area (Å²) in [6.45, 7) is 5.29. The number of rotatable bonds is 5. The van der Waals surface area contributed by atoms with Crippen LogP contribution < -0.4 is 15.8 Å². The number of halogens is 2. The highest BCUT2D eigenvalue weighted by molar-refractivity contribution is 6.33. The lowest BCUT2D eigenvalue weighted by molar-refractivity contribution is 0.267. The molecule has 1 aromatic heterocycles. The Bertz CT molecular complexity index is 787. The van der Waals surface area contributed by atoms with Crippen LogP contribution in [-0.2, 0) is 7.05 Å². The standard InChI is InChI=1S/C17H21Cl2N5O/c1-22-17(25)16(19)15(12-21-22)24-9-7-23(8-10-24)6-5-20-14-4-2-3-13(18)11-14/h2-4,11-12,20H,5-10H2,1H3. The van der Waals surface area contributed by atoms with Crippen molar-refractivity contribution >= 4 is 34.6 Å².